The SMILES string of the molecule is C1=C/N=C\C=C2\NCNCC2C\1. The van der Waals surface area contributed by atoms with Crippen LogP contribution in [0.1, 0.15) is 6.42 Å². The lowest BCUT2D eigenvalue weighted by Crippen LogP contribution is -2.42. The third-order valence-electron chi connectivity index (χ3n) is 2.20. The van der Waals surface area contributed by atoms with E-state index in [2.05, 4.69) is 27.8 Å². The minimum atomic E-state index is 0.599. The molecule has 0 spiro atoms. The number of allylic oxidation sites excluding steroid dienone is 2. The molecule has 0 radical (unpaired) electrons. The lowest BCUT2D eigenvalue weighted by Gasteiger charge is -2.27. The van der Waals surface area contributed by atoms with Crippen LogP contribution < -0.4 is 10.6 Å². The molecule has 0 aromatic heterocycles. The first-order valence-corrected chi connectivity index (χ1v) is 4.30. The van der Waals surface area contributed by atoms with Crippen molar-refractivity contribution in [1.82, 2.24) is 10.6 Å². The van der Waals surface area contributed by atoms with Gasteiger partial charge < -0.3 is 5.32 Å². The van der Waals surface area contributed by atoms with E-state index in [1.807, 2.05) is 12.4 Å². The molecule has 0 aromatic rings. The van der Waals surface area contributed by atoms with E-state index in [0.717, 1.165) is 19.6 Å². The fraction of sp³-hybridized carbons (Fsp3) is 0.444. The second kappa shape index (κ2) is 3.54. The number of fused-ring (bicyclic) bond motifs is 1. The second-order valence-electron chi connectivity index (χ2n) is 3.05. The van der Waals surface area contributed by atoms with Crippen LogP contribution in [0.3, 0.4) is 0 Å². The van der Waals surface area contributed by atoms with Gasteiger partial charge in [-0.05, 0) is 12.5 Å². The van der Waals surface area contributed by atoms with Gasteiger partial charge in [-0.1, -0.05) is 6.08 Å². The van der Waals surface area contributed by atoms with Crippen LogP contribution in [0.5, 0.6) is 0 Å². The summed E-state index contributed by atoms with van der Waals surface area (Å²) in [6, 6.07) is 0. The van der Waals surface area contributed by atoms with Gasteiger partial charge in [-0.15, -0.1) is 0 Å². The van der Waals surface area contributed by atoms with Crippen LogP contribution in [0.4, 0.5) is 0 Å². The van der Waals surface area contributed by atoms with E-state index >= 15 is 0 Å². The molecule has 64 valence electrons. The van der Waals surface area contributed by atoms with Gasteiger partial charge in [0.05, 0.1) is 6.67 Å². The van der Waals surface area contributed by atoms with Crippen molar-refractivity contribution in [3.8, 4) is 0 Å². The molecule has 2 heterocycles. The summed E-state index contributed by atoms with van der Waals surface area (Å²) in [4.78, 5) is 4.08. The molecule has 2 aliphatic rings. The van der Waals surface area contributed by atoms with Crippen LogP contribution in [0.25, 0.3) is 0 Å². The standard InChI is InChI=1S/C9H13N3/c1-2-8-6-11-7-12-9(8)3-5-10-4-1/h1,3-5,8,11-12H,2,6-7H2/b4-1-,9-3+,10-5-. The fourth-order valence-corrected chi connectivity index (χ4v) is 1.53. The fourth-order valence-electron chi connectivity index (χ4n) is 1.53. The summed E-state index contributed by atoms with van der Waals surface area (Å²) in [6.45, 7) is 1.94. The Bertz CT molecular complexity index is 240. The molecular weight excluding hydrogens is 150 g/mol. The lowest BCUT2D eigenvalue weighted by molar-refractivity contribution is 0.439. The molecule has 2 aliphatic heterocycles. The van der Waals surface area contributed by atoms with Gasteiger partial charge in [-0.25, -0.2) is 0 Å². The quantitative estimate of drug-likeness (QED) is 0.549. The molecule has 1 fully saturated rings. The molecule has 1 atom stereocenters. The van der Waals surface area contributed by atoms with Crippen molar-refractivity contribution in [2.75, 3.05) is 13.2 Å². The predicted molar refractivity (Wildman–Crippen MR) is 49.8 cm³/mol. The summed E-state index contributed by atoms with van der Waals surface area (Å²) in [6.07, 6.45) is 8.96. The molecule has 3 nitrogen and oxygen atoms in total. The van der Waals surface area contributed by atoms with Crippen LogP contribution in [-0.2, 0) is 0 Å². The number of nitrogens with zero attached hydrogens (tertiary/aromatic N) is 1. The molecule has 0 saturated carbocycles. The highest BCUT2D eigenvalue weighted by Gasteiger charge is 2.16. The van der Waals surface area contributed by atoms with Crippen molar-refractivity contribution in [2.24, 2.45) is 10.9 Å². The van der Waals surface area contributed by atoms with Gasteiger partial charge in [0.1, 0.15) is 0 Å². The average Bonchev–Trinajstić information content (AvgIpc) is 2.06. The maximum Gasteiger partial charge on any atom is 0.0650 e. The number of nitrogens with one attached hydrogen (secondary N) is 2. The molecular formula is C9H13N3. The number of hydrogen-bond donors (Lipinski definition) is 2. The first kappa shape index (κ1) is 7.55. The van der Waals surface area contributed by atoms with E-state index in [1.165, 1.54) is 5.70 Å². The van der Waals surface area contributed by atoms with Crippen LogP contribution >= 0.6 is 0 Å². The van der Waals surface area contributed by atoms with E-state index in [4.69, 9.17) is 0 Å². The summed E-state index contributed by atoms with van der Waals surface area (Å²) >= 11 is 0. The maximum absolute atomic E-state index is 4.08. The first-order valence-electron chi connectivity index (χ1n) is 4.30. The molecule has 3 heteroatoms. The Morgan fingerprint density at radius 2 is 2.50 bits per heavy atom. The molecule has 2 N–H and O–H groups in total. The summed E-state index contributed by atoms with van der Waals surface area (Å²) < 4.78 is 0. The van der Waals surface area contributed by atoms with Gasteiger partial charge in [0, 0.05) is 30.6 Å². The Morgan fingerprint density at radius 1 is 1.50 bits per heavy atom. The largest absolute Gasteiger partial charge is 0.375 e. The number of aliphatic imine (C=N–C) groups is 1. The lowest BCUT2D eigenvalue weighted by atomic mass is 9.99. The van der Waals surface area contributed by atoms with E-state index < -0.39 is 0 Å². The Balaban J connectivity index is 2.16. The Labute approximate surface area is 72.3 Å². The van der Waals surface area contributed by atoms with Gasteiger partial charge >= 0.3 is 0 Å². The molecule has 0 amide bonds. The third-order valence-corrected chi connectivity index (χ3v) is 2.20. The molecule has 0 aromatic carbocycles. The normalized spacial score (nSPS) is 37.7. The molecule has 1 unspecified atom stereocenters. The topological polar surface area (TPSA) is 36.4 Å². The van der Waals surface area contributed by atoms with Crippen molar-refractivity contribution >= 4 is 6.21 Å². The molecule has 1 saturated heterocycles. The molecule has 0 aliphatic carbocycles. The predicted octanol–water partition coefficient (Wildman–Crippen LogP) is 0.625. The second-order valence-corrected chi connectivity index (χ2v) is 3.05. The van der Waals surface area contributed by atoms with E-state index in [1.54, 1.807) is 0 Å². The van der Waals surface area contributed by atoms with Crippen molar-refractivity contribution in [2.45, 2.75) is 6.42 Å². The average molecular weight is 163 g/mol. The van der Waals surface area contributed by atoms with Crippen molar-refractivity contribution in [3.05, 3.63) is 24.0 Å². The highest BCUT2D eigenvalue weighted by Crippen LogP contribution is 2.15. The zero-order chi connectivity index (χ0) is 8.23. The Kier molecular flexibility index (Phi) is 2.23. The van der Waals surface area contributed by atoms with Gasteiger partial charge in [0.15, 0.2) is 0 Å². The van der Waals surface area contributed by atoms with Gasteiger partial charge in [-0.3, -0.25) is 10.3 Å². The zero-order valence-corrected chi connectivity index (χ0v) is 6.96. The Morgan fingerprint density at radius 3 is 3.50 bits per heavy atom. The van der Waals surface area contributed by atoms with Crippen LogP contribution in [-0.4, -0.2) is 19.4 Å². The monoisotopic (exact) mass is 163 g/mol. The van der Waals surface area contributed by atoms with Crippen LogP contribution in [0, 0.1) is 5.92 Å². The van der Waals surface area contributed by atoms with Crippen molar-refractivity contribution in [1.29, 1.82) is 0 Å². The first-order chi connectivity index (χ1) is 5.97. The highest BCUT2D eigenvalue weighted by atomic mass is 15.1. The molecule has 12 heavy (non-hydrogen) atoms. The van der Waals surface area contributed by atoms with Gasteiger partial charge in [-0.2, -0.15) is 0 Å². The zero-order valence-electron chi connectivity index (χ0n) is 6.96. The summed E-state index contributed by atoms with van der Waals surface area (Å²) in [7, 11) is 0. The third kappa shape index (κ3) is 1.56. The minimum Gasteiger partial charge on any atom is -0.375 e. The summed E-state index contributed by atoms with van der Waals surface area (Å²) in [5.74, 6) is 0.599. The number of hydrogen-bond acceptors (Lipinski definition) is 3. The summed E-state index contributed by atoms with van der Waals surface area (Å²) in [5, 5.41) is 6.62. The highest BCUT2D eigenvalue weighted by molar-refractivity contribution is 5.73. The van der Waals surface area contributed by atoms with Gasteiger partial charge in [0.2, 0.25) is 0 Å². The molecule has 2 rings (SSSR count). The summed E-state index contributed by atoms with van der Waals surface area (Å²) in [5.41, 5.74) is 1.31. The van der Waals surface area contributed by atoms with Crippen LogP contribution in [0.15, 0.2) is 29.0 Å². The van der Waals surface area contributed by atoms with Gasteiger partial charge in [0.25, 0.3) is 0 Å². The van der Waals surface area contributed by atoms with Crippen LogP contribution in [0.2, 0.25) is 0 Å². The Hall–Kier alpha value is -1.09. The van der Waals surface area contributed by atoms with E-state index in [0.29, 0.717) is 5.92 Å². The van der Waals surface area contributed by atoms with E-state index in [9.17, 15) is 0 Å². The minimum absolute atomic E-state index is 0.599. The number of rotatable bonds is 0. The van der Waals surface area contributed by atoms with Crippen molar-refractivity contribution < 1.29 is 0 Å². The maximum atomic E-state index is 4.08. The smallest absolute Gasteiger partial charge is 0.0650 e. The molecule has 0 bridgehead atoms. The van der Waals surface area contributed by atoms with Crippen molar-refractivity contribution in [3.63, 3.8) is 0 Å². The van der Waals surface area contributed by atoms with E-state index in [-0.39, 0.29) is 0 Å².